The molecule has 1 saturated heterocycles. The predicted octanol–water partition coefficient (Wildman–Crippen LogP) is 3.91. The Morgan fingerprint density at radius 2 is 1.91 bits per heavy atom. The molecule has 1 aliphatic carbocycles. The first-order chi connectivity index (χ1) is 15.5. The molecule has 2 amide bonds. The summed E-state index contributed by atoms with van der Waals surface area (Å²) in [5.74, 6) is 1.86. The molecule has 1 spiro atoms. The number of amides is 2. The molecular weight excluding hydrogens is 404 g/mol. The molecule has 0 radical (unpaired) electrons. The van der Waals surface area contributed by atoms with Crippen molar-refractivity contribution in [3.8, 4) is 11.5 Å². The van der Waals surface area contributed by atoms with Crippen molar-refractivity contribution in [2.75, 3.05) is 20.2 Å². The van der Waals surface area contributed by atoms with Crippen LogP contribution in [-0.4, -0.2) is 48.6 Å². The van der Waals surface area contributed by atoms with Gasteiger partial charge < -0.3 is 19.7 Å². The van der Waals surface area contributed by atoms with Crippen LogP contribution in [0.5, 0.6) is 11.5 Å². The largest absolute Gasteiger partial charge is 0.497 e. The third-order valence-corrected chi connectivity index (χ3v) is 6.96. The number of methoxy groups -OCH3 is 1. The Labute approximate surface area is 188 Å². The van der Waals surface area contributed by atoms with Gasteiger partial charge in [0.1, 0.15) is 17.1 Å². The zero-order chi connectivity index (χ0) is 22.1. The van der Waals surface area contributed by atoms with E-state index in [1.165, 1.54) is 0 Å². The summed E-state index contributed by atoms with van der Waals surface area (Å²) in [6.45, 7) is 1.28. The second kappa shape index (κ2) is 8.49. The number of hydrogen-bond acceptors (Lipinski definition) is 4. The first-order valence-electron chi connectivity index (χ1n) is 11.6. The first kappa shape index (κ1) is 20.9. The highest BCUT2D eigenvalue weighted by Gasteiger charge is 2.44. The lowest BCUT2D eigenvalue weighted by molar-refractivity contribution is -0.122. The Bertz CT molecular complexity index is 1010. The number of rotatable bonds is 5. The second-order valence-corrected chi connectivity index (χ2v) is 9.29. The van der Waals surface area contributed by atoms with Crippen molar-refractivity contribution in [2.45, 2.75) is 56.1 Å². The van der Waals surface area contributed by atoms with E-state index in [1.807, 2.05) is 41.3 Å². The summed E-state index contributed by atoms with van der Waals surface area (Å²) in [7, 11) is 1.60. The number of ether oxygens (including phenoxy) is 2. The Hall–Kier alpha value is -3.02. The Morgan fingerprint density at radius 3 is 2.66 bits per heavy atom. The molecule has 1 saturated carbocycles. The normalized spacial score (nSPS) is 21.4. The van der Waals surface area contributed by atoms with Gasteiger partial charge in [0.15, 0.2) is 0 Å². The minimum Gasteiger partial charge on any atom is -0.497 e. The van der Waals surface area contributed by atoms with Crippen molar-refractivity contribution < 1.29 is 19.1 Å². The van der Waals surface area contributed by atoms with Crippen LogP contribution in [0.2, 0.25) is 0 Å². The van der Waals surface area contributed by atoms with Gasteiger partial charge in [0.2, 0.25) is 5.91 Å². The number of hydrogen-bond donors (Lipinski definition) is 1. The van der Waals surface area contributed by atoms with Crippen LogP contribution in [0.25, 0.3) is 0 Å². The molecule has 32 heavy (non-hydrogen) atoms. The number of para-hydroxylation sites is 1. The molecule has 1 atom stereocenters. The minimum absolute atomic E-state index is 0.0234. The lowest BCUT2D eigenvalue weighted by Gasteiger charge is -2.47. The minimum atomic E-state index is -0.329. The van der Waals surface area contributed by atoms with Gasteiger partial charge in [0.05, 0.1) is 7.11 Å². The van der Waals surface area contributed by atoms with Gasteiger partial charge in [-0.05, 0) is 49.1 Å². The summed E-state index contributed by atoms with van der Waals surface area (Å²) in [6.07, 6.45) is 5.01. The average Bonchev–Trinajstić information content (AvgIpc) is 3.63. The van der Waals surface area contributed by atoms with Crippen LogP contribution in [0, 0.1) is 0 Å². The highest BCUT2D eigenvalue weighted by atomic mass is 16.5. The third kappa shape index (κ3) is 4.31. The second-order valence-electron chi connectivity index (χ2n) is 9.29. The van der Waals surface area contributed by atoms with Crippen LogP contribution in [0.1, 0.15) is 60.4 Å². The van der Waals surface area contributed by atoms with Gasteiger partial charge in [-0.2, -0.15) is 0 Å². The molecule has 2 fully saturated rings. The maximum atomic E-state index is 13.0. The zero-order valence-corrected chi connectivity index (χ0v) is 18.5. The van der Waals surface area contributed by atoms with Gasteiger partial charge in [-0.25, -0.2) is 0 Å². The van der Waals surface area contributed by atoms with Crippen molar-refractivity contribution in [1.29, 1.82) is 0 Å². The summed E-state index contributed by atoms with van der Waals surface area (Å²) >= 11 is 0. The number of nitrogens with zero attached hydrogens (tertiary/aromatic N) is 1. The van der Waals surface area contributed by atoms with Gasteiger partial charge >= 0.3 is 0 Å². The van der Waals surface area contributed by atoms with E-state index in [-0.39, 0.29) is 23.3 Å². The van der Waals surface area contributed by atoms with Crippen molar-refractivity contribution in [3.05, 3.63) is 59.7 Å². The maximum Gasteiger partial charge on any atom is 0.253 e. The molecule has 168 valence electrons. The summed E-state index contributed by atoms with van der Waals surface area (Å²) in [6, 6.07) is 15.8. The molecule has 0 aromatic heterocycles. The van der Waals surface area contributed by atoms with E-state index in [4.69, 9.17) is 9.47 Å². The highest BCUT2D eigenvalue weighted by Crippen LogP contribution is 2.46. The molecule has 2 aromatic rings. The molecule has 2 heterocycles. The fraction of sp³-hybridized carbons (Fsp3) is 0.462. The van der Waals surface area contributed by atoms with E-state index >= 15 is 0 Å². The monoisotopic (exact) mass is 434 g/mol. The molecule has 5 rings (SSSR count). The fourth-order valence-corrected chi connectivity index (χ4v) is 5.03. The van der Waals surface area contributed by atoms with E-state index in [1.54, 1.807) is 13.2 Å². The van der Waals surface area contributed by atoms with Crippen molar-refractivity contribution >= 4 is 11.8 Å². The van der Waals surface area contributed by atoms with Crippen LogP contribution in [0.4, 0.5) is 0 Å². The fourth-order valence-electron chi connectivity index (χ4n) is 5.03. The molecule has 0 bridgehead atoms. The number of benzene rings is 2. The van der Waals surface area contributed by atoms with Crippen LogP contribution in [-0.2, 0) is 4.79 Å². The van der Waals surface area contributed by atoms with Gasteiger partial charge in [0.25, 0.3) is 5.91 Å². The quantitative estimate of drug-likeness (QED) is 0.775. The Morgan fingerprint density at radius 1 is 1.12 bits per heavy atom. The molecule has 0 unspecified atom stereocenters. The topological polar surface area (TPSA) is 67.9 Å². The van der Waals surface area contributed by atoms with Crippen molar-refractivity contribution in [3.63, 3.8) is 0 Å². The predicted molar refractivity (Wildman–Crippen MR) is 121 cm³/mol. The highest BCUT2D eigenvalue weighted by molar-refractivity contribution is 5.94. The smallest absolute Gasteiger partial charge is 0.253 e. The van der Waals surface area contributed by atoms with Crippen LogP contribution in [0.15, 0.2) is 48.5 Å². The SMILES string of the molecule is COc1cccc(C(=O)N2CCC3(CC2)C[C@@H](CC(=O)NC2CC2)c2ccccc2O3)c1. The zero-order valence-electron chi connectivity index (χ0n) is 18.5. The van der Waals surface area contributed by atoms with Crippen molar-refractivity contribution in [1.82, 2.24) is 10.2 Å². The standard InChI is InChI=1S/C26H30N2O4/c1-31-21-6-4-5-18(15-21)25(30)28-13-11-26(12-14-28)17-19(16-24(29)27-20-9-10-20)22-7-2-3-8-23(22)32-26/h2-8,15,19-20H,9-14,16-17H2,1H3,(H,27,29)/t19-/m1/s1. The molecule has 2 aromatic carbocycles. The lowest BCUT2D eigenvalue weighted by Crippen LogP contribution is -2.52. The summed E-state index contributed by atoms with van der Waals surface area (Å²) in [4.78, 5) is 27.5. The van der Waals surface area contributed by atoms with E-state index in [9.17, 15) is 9.59 Å². The number of piperidine rings is 1. The molecule has 6 nitrogen and oxygen atoms in total. The number of carbonyl (C=O) groups excluding carboxylic acids is 2. The summed E-state index contributed by atoms with van der Waals surface area (Å²) in [5, 5.41) is 3.13. The van der Waals surface area contributed by atoms with Crippen LogP contribution < -0.4 is 14.8 Å². The molecule has 2 aliphatic heterocycles. The van der Waals surface area contributed by atoms with Crippen LogP contribution in [0.3, 0.4) is 0 Å². The first-order valence-corrected chi connectivity index (χ1v) is 11.6. The average molecular weight is 435 g/mol. The van der Waals surface area contributed by atoms with Crippen molar-refractivity contribution in [2.24, 2.45) is 0 Å². The number of likely N-dealkylation sites (tertiary alicyclic amines) is 1. The molecule has 1 N–H and O–H groups in total. The summed E-state index contributed by atoms with van der Waals surface area (Å²) < 4.78 is 11.8. The van der Waals surface area contributed by atoms with E-state index in [0.29, 0.717) is 36.9 Å². The van der Waals surface area contributed by atoms with Gasteiger partial charge in [-0.15, -0.1) is 0 Å². The number of nitrogens with one attached hydrogen (secondary N) is 1. The molecule has 6 heteroatoms. The Balaban J connectivity index is 1.29. The third-order valence-electron chi connectivity index (χ3n) is 6.96. The van der Waals surface area contributed by atoms with Gasteiger partial charge in [0, 0.05) is 49.9 Å². The van der Waals surface area contributed by atoms with E-state index in [2.05, 4.69) is 11.4 Å². The molecular formula is C26H30N2O4. The van der Waals surface area contributed by atoms with Gasteiger partial charge in [-0.3, -0.25) is 9.59 Å². The maximum absolute atomic E-state index is 13.0. The van der Waals surface area contributed by atoms with E-state index in [0.717, 1.165) is 43.4 Å². The van der Waals surface area contributed by atoms with Gasteiger partial charge in [-0.1, -0.05) is 24.3 Å². The number of carbonyl (C=O) groups is 2. The van der Waals surface area contributed by atoms with Crippen LogP contribution >= 0.6 is 0 Å². The summed E-state index contributed by atoms with van der Waals surface area (Å²) in [5.41, 5.74) is 1.44. The Kier molecular flexibility index (Phi) is 5.53. The van der Waals surface area contributed by atoms with E-state index < -0.39 is 0 Å². The molecule has 3 aliphatic rings. The number of fused-ring (bicyclic) bond motifs is 1. The lowest BCUT2D eigenvalue weighted by atomic mass is 9.76.